The van der Waals surface area contributed by atoms with Crippen LogP contribution in [0.3, 0.4) is 0 Å². The minimum absolute atomic E-state index is 0.0116. The number of amides is 1. The number of carbonyl (C=O) groups excluding carboxylic acids is 1. The topological polar surface area (TPSA) is 92.8 Å². The van der Waals surface area contributed by atoms with Gasteiger partial charge in [-0.2, -0.15) is 15.0 Å². The number of hydrogen-bond acceptors (Lipinski definition) is 5. The van der Waals surface area contributed by atoms with Gasteiger partial charge in [0.2, 0.25) is 0 Å². The second kappa shape index (κ2) is 8.40. The Labute approximate surface area is 192 Å². The van der Waals surface area contributed by atoms with Crippen molar-refractivity contribution in [3.8, 4) is 17.6 Å². The lowest BCUT2D eigenvalue weighted by molar-refractivity contribution is 0.102. The van der Waals surface area contributed by atoms with Crippen LogP contribution in [-0.4, -0.2) is 27.8 Å². The molecule has 2 aromatic carbocycles. The Morgan fingerprint density at radius 1 is 1.15 bits per heavy atom. The van der Waals surface area contributed by atoms with Gasteiger partial charge in [0.15, 0.2) is 11.6 Å². The number of carbonyl (C=O) groups is 1. The number of para-hydroxylation sites is 1. The summed E-state index contributed by atoms with van der Waals surface area (Å²) in [5, 5.41) is 17.7. The maximum absolute atomic E-state index is 13.0. The van der Waals surface area contributed by atoms with E-state index in [1.54, 1.807) is 19.2 Å². The summed E-state index contributed by atoms with van der Waals surface area (Å²) in [6.45, 7) is 8.32. The van der Waals surface area contributed by atoms with E-state index in [1.165, 1.54) is 10.9 Å². The third kappa shape index (κ3) is 4.15. The number of nitriles is 1. The van der Waals surface area contributed by atoms with Crippen LogP contribution >= 0.6 is 0 Å². The van der Waals surface area contributed by atoms with Crippen molar-refractivity contribution < 1.29 is 9.53 Å². The number of rotatable bonds is 4. The van der Waals surface area contributed by atoms with Crippen molar-refractivity contribution >= 4 is 22.6 Å². The van der Waals surface area contributed by atoms with Gasteiger partial charge in [-0.05, 0) is 47.7 Å². The number of aromatic nitrogens is 3. The average Bonchev–Trinajstić information content (AvgIpc) is 3.20. The summed E-state index contributed by atoms with van der Waals surface area (Å²) in [4.78, 5) is 17.7. The predicted octanol–water partition coefficient (Wildman–Crippen LogP) is 5.16. The zero-order valence-corrected chi connectivity index (χ0v) is 19.3. The third-order valence-corrected chi connectivity index (χ3v) is 5.57. The molecule has 2 aromatic heterocycles. The lowest BCUT2D eigenvalue weighted by Crippen LogP contribution is -2.17. The van der Waals surface area contributed by atoms with Gasteiger partial charge in [-0.15, -0.1) is 0 Å². The van der Waals surface area contributed by atoms with Gasteiger partial charge >= 0.3 is 0 Å². The Hall–Kier alpha value is -4.18. The quantitative estimate of drug-likeness (QED) is 0.474. The summed E-state index contributed by atoms with van der Waals surface area (Å²) < 4.78 is 6.94. The van der Waals surface area contributed by atoms with Gasteiger partial charge in [0, 0.05) is 10.9 Å². The summed E-state index contributed by atoms with van der Waals surface area (Å²) >= 11 is 0. The fourth-order valence-corrected chi connectivity index (χ4v) is 3.67. The van der Waals surface area contributed by atoms with Gasteiger partial charge in [0.1, 0.15) is 22.9 Å². The van der Waals surface area contributed by atoms with Gasteiger partial charge in [-0.1, -0.05) is 45.0 Å². The fourth-order valence-electron chi connectivity index (χ4n) is 3.67. The minimum atomic E-state index is -0.330. The second-order valence-electron chi connectivity index (χ2n) is 8.87. The Balaban J connectivity index is 1.75. The lowest BCUT2D eigenvalue weighted by atomic mass is 9.87. The number of aryl methyl sites for hydroxylation is 1. The molecule has 0 fully saturated rings. The molecule has 4 aromatic rings. The summed E-state index contributed by atoms with van der Waals surface area (Å²) in [6, 6.07) is 17.1. The van der Waals surface area contributed by atoms with Crippen LogP contribution < -0.4 is 10.1 Å². The van der Waals surface area contributed by atoms with E-state index in [0.717, 1.165) is 16.5 Å². The molecular formula is C26H25N5O2. The van der Waals surface area contributed by atoms with E-state index in [0.29, 0.717) is 22.6 Å². The zero-order valence-electron chi connectivity index (χ0n) is 19.3. The fraction of sp³-hybridized carbons (Fsp3) is 0.231. The van der Waals surface area contributed by atoms with Gasteiger partial charge < -0.3 is 10.1 Å². The number of fused-ring (bicyclic) bond motifs is 1. The third-order valence-electron chi connectivity index (χ3n) is 5.57. The first-order valence-corrected chi connectivity index (χ1v) is 10.6. The molecule has 7 heteroatoms. The largest absolute Gasteiger partial charge is 0.494 e. The molecule has 7 nitrogen and oxygen atoms in total. The van der Waals surface area contributed by atoms with E-state index in [2.05, 4.69) is 37.3 Å². The molecule has 4 rings (SSSR count). The van der Waals surface area contributed by atoms with Crippen molar-refractivity contribution in [1.29, 1.82) is 5.26 Å². The molecule has 1 N–H and O–H groups in total. The van der Waals surface area contributed by atoms with E-state index in [-0.39, 0.29) is 22.7 Å². The number of anilines is 1. The number of methoxy groups -OCH3 is 1. The number of nitrogens with one attached hydrogen (secondary N) is 1. The van der Waals surface area contributed by atoms with E-state index < -0.39 is 0 Å². The molecule has 33 heavy (non-hydrogen) atoms. The molecule has 0 spiro atoms. The standard InChI is InChI=1S/C26H25N5O2/c1-16-13-22(29-23-20(16)7-6-8-21(23)33-5)31-24(18(14-27)15-28-31)30-25(32)17-9-11-19(12-10-17)26(2,3)4/h6-13,15H,1-5H3,(H,30,32). The molecule has 0 saturated carbocycles. The maximum Gasteiger partial charge on any atom is 0.256 e. The molecule has 0 aliphatic carbocycles. The van der Waals surface area contributed by atoms with Crippen LogP contribution in [0.25, 0.3) is 16.7 Å². The van der Waals surface area contributed by atoms with Gasteiger partial charge in [0.05, 0.1) is 13.3 Å². The molecule has 2 heterocycles. The predicted molar refractivity (Wildman–Crippen MR) is 128 cm³/mol. The Kier molecular flexibility index (Phi) is 5.60. The molecular weight excluding hydrogens is 414 g/mol. The number of pyridine rings is 1. The van der Waals surface area contributed by atoms with Crippen molar-refractivity contribution in [2.24, 2.45) is 0 Å². The van der Waals surface area contributed by atoms with Crippen LogP contribution in [-0.2, 0) is 5.41 Å². The molecule has 0 unspecified atom stereocenters. The van der Waals surface area contributed by atoms with E-state index in [9.17, 15) is 10.1 Å². The van der Waals surface area contributed by atoms with Crippen LogP contribution in [0.1, 0.15) is 47.8 Å². The van der Waals surface area contributed by atoms with E-state index >= 15 is 0 Å². The lowest BCUT2D eigenvalue weighted by Gasteiger charge is -2.19. The van der Waals surface area contributed by atoms with Crippen LogP contribution in [0.5, 0.6) is 5.75 Å². The highest BCUT2D eigenvalue weighted by atomic mass is 16.5. The molecule has 0 saturated heterocycles. The van der Waals surface area contributed by atoms with Gasteiger partial charge in [-0.3, -0.25) is 4.79 Å². The van der Waals surface area contributed by atoms with Crippen molar-refractivity contribution in [1.82, 2.24) is 14.8 Å². The molecule has 1 amide bonds. The van der Waals surface area contributed by atoms with Crippen molar-refractivity contribution in [3.63, 3.8) is 0 Å². The molecule has 166 valence electrons. The highest BCUT2D eigenvalue weighted by Gasteiger charge is 2.19. The van der Waals surface area contributed by atoms with E-state index in [4.69, 9.17) is 9.72 Å². The normalized spacial score (nSPS) is 11.3. The first-order chi connectivity index (χ1) is 15.7. The monoisotopic (exact) mass is 439 g/mol. The molecule has 0 bridgehead atoms. The highest BCUT2D eigenvalue weighted by molar-refractivity contribution is 6.04. The van der Waals surface area contributed by atoms with Crippen molar-refractivity contribution in [3.05, 3.63) is 77.0 Å². The number of ether oxygens (including phenoxy) is 1. The zero-order chi connectivity index (χ0) is 23.8. The number of benzene rings is 2. The summed E-state index contributed by atoms with van der Waals surface area (Å²) in [5.41, 5.74) is 3.50. The van der Waals surface area contributed by atoms with Crippen LogP contribution in [0.15, 0.2) is 54.7 Å². The average molecular weight is 440 g/mol. The molecule has 0 aliphatic heterocycles. The SMILES string of the molecule is COc1cccc2c(C)cc(-n3ncc(C#N)c3NC(=O)c3ccc(C(C)(C)C)cc3)nc12. The Morgan fingerprint density at radius 3 is 2.52 bits per heavy atom. The van der Waals surface area contributed by atoms with Crippen LogP contribution in [0.4, 0.5) is 5.82 Å². The van der Waals surface area contributed by atoms with Crippen LogP contribution in [0, 0.1) is 18.3 Å². The van der Waals surface area contributed by atoms with Gasteiger partial charge in [-0.25, -0.2) is 4.98 Å². The van der Waals surface area contributed by atoms with Crippen molar-refractivity contribution in [2.75, 3.05) is 12.4 Å². The number of nitrogens with zero attached hydrogens (tertiary/aromatic N) is 4. The summed E-state index contributed by atoms with van der Waals surface area (Å²) in [6.07, 6.45) is 1.42. The summed E-state index contributed by atoms with van der Waals surface area (Å²) in [5.74, 6) is 1.05. The molecule has 0 radical (unpaired) electrons. The first-order valence-electron chi connectivity index (χ1n) is 10.6. The smallest absolute Gasteiger partial charge is 0.256 e. The number of hydrogen-bond donors (Lipinski definition) is 1. The highest BCUT2D eigenvalue weighted by Crippen LogP contribution is 2.29. The summed E-state index contributed by atoms with van der Waals surface area (Å²) in [7, 11) is 1.59. The minimum Gasteiger partial charge on any atom is -0.494 e. The van der Waals surface area contributed by atoms with Crippen LogP contribution in [0.2, 0.25) is 0 Å². The Morgan fingerprint density at radius 2 is 1.88 bits per heavy atom. The first kappa shape index (κ1) is 22.0. The van der Waals surface area contributed by atoms with Gasteiger partial charge in [0.25, 0.3) is 5.91 Å². The van der Waals surface area contributed by atoms with Crippen molar-refractivity contribution in [2.45, 2.75) is 33.1 Å². The second-order valence-corrected chi connectivity index (χ2v) is 8.87. The maximum atomic E-state index is 13.0. The molecule has 0 atom stereocenters. The molecule has 0 aliphatic rings. The Bertz CT molecular complexity index is 1390. The van der Waals surface area contributed by atoms with E-state index in [1.807, 2.05) is 43.3 Å².